The van der Waals surface area contributed by atoms with Gasteiger partial charge in [0.05, 0.1) is 38.0 Å². The highest BCUT2D eigenvalue weighted by molar-refractivity contribution is 8.16. The molecule has 0 saturated carbocycles. The standard InChI is InChI=1S/C24H29N3O4S/c1-15-9-11-26(12-10-15)20(28)13-18-14-32-24-25-16(2)21(23(29)31-4)22(27(18)24)17-5-7-19(30-3)8-6-17/h5-8,14-15,22H,9-13H2,1-4H3/t22-/m0/s1. The molecule has 3 aliphatic heterocycles. The SMILES string of the molecule is COC(=O)C1=C(C)N=C2SC=C(CC(=O)N3CCC(C)CC3)N2[C@H]1c1ccc(OC)cc1. The van der Waals surface area contributed by atoms with Crippen molar-refractivity contribution in [1.29, 1.82) is 0 Å². The number of methoxy groups -OCH3 is 2. The number of amidine groups is 1. The summed E-state index contributed by atoms with van der Waals surface area (Å²) in [7, 11) is 3.00. The Morgan fingerprint density at radius 3 is 2.47 bits per heavy atom. The molecule has 4 rings (SSSR count). The van der Waals surface area contributed by atoms with Crippen LogP contribution in [0, 0.1) is 5.92 Å². The molecular formula is C24H29N3O4S. The summed E-state index contributed by atoms with van der Waals surface area (Å²) in [5.41, 5.74) is 2.87. The third-order valence-electron chi connectivity index (χ3n) is 6.31. The molecule has 0 unspecified atom stereocenters. The molecule has 0 spiro atoms. The normalized spacial score (nSPS) is 21.2. The summed E-state index contributed by atoms with van der Waals surface area (Å²) >= 11 is 1.49. The number of hydrogen-bond donors (Lipinski definition) is 0. The highest BCUT2D eigenvalue weighted by Gasteiger charge is 2.41. The van der Waals surface area contributed by atoms with Crippen LogP contribution in [0.5, 0.6) is 5.75 Å². The molecule has 0 N–H and O–H groups in total. The number of allylic oxidation sites excluding steroid dienone is 1. The van der Waals surface area contributed by atoms with Gasteiger partial charge < -0.3 is 19.3 Å². The molecule has 0 bridgehead atoms. The zero-order valence-corrected chi connectivity index (χ0v) is 19.8. The van der Waals surface area contributed by atoms with Crippen LogP contribution in [0.4, 0.5) is 0 Å². The second kappa shape index (κ2) is 9.40. The first-order chi connectivity index (χ1) is 15.4. The molecule has 1 fully saturated rings. The Morgan fingerprint density at radius 1 is 1.16 bits per heavy atom. The number of likely N-dealkylation sites (tertiary alicyclic amines) is 1. The lowest BCUT2D eigenvalue weighted by Gasteiger charge is -2.37. The fraction of sp³-hybridized carbons (Fsp3) is 0.458. The van der Waals surface area contributed by atoms with E-state index < -0.39 is 12.0 Å². The predicted octanol–water partition coefficient (Wildman–Crippen LogP) is 4.09. The number of fused-ring (bicyclic) bond motifs is 1. The van der Waals surface area contributed by atoms with Crippen LogP contribution in [0.3, 0.4) is 0 Å². The van der Waals surface area contributed by atoms with Crippen LogP contribution >= 0.6 is 11.8 Å². The first kappa shape index (κ1) is 22.5. The van der Waals surface area contributed by atoms with E-state index in [1.165, 1.54) is 18.9 Å². The summed E-state index contributed by atoms with van der Waals surface area (Å²) in [5, 5.41) is 2.75. The Labute approximate surface area is 193 Å². The summed E-state index contributed by atoms with van der Waals surface area (Å²) in [4.78, 5) is 34.5. The van der Waals surface area contributed by atoms with Gasteiger partial charge in [-0.25, -0.2) is 9.79 Å². The Balaban J connectivity index is 1.65. The number of amides is 1. The van der Waals surface area contributed by atoms with E-state index >= 15 is 0 Å². The van der Waals surface area contributed by atoms with Crippen LogP contribution in [-0.4, -0.2) is 54.2 Å². The van der Waals surface area contributed by atoms with Crippen molar-refractivity contribution in [2.45, 2.75) is 39.2 Å². The number of esters is 1. The number of ether oxygens (including phenoxy) is 2. The summed E-state index contributed by atoms with van der Waals surface area (Å²) in [5.74, 6) is 1.10. The number of rotatable bonds is 5. The maximum atomic E-state index is 13.1. The lowest BCUT2D eigenvalue weighted by atomic mass is 9.93. The van der Waals surface area contributed by atoms with Crippen molar-refractivity contribution in [2.75, 3.05) is 27.3 Å². The Bertz CT molecular complexity index is 991. The number of hydrogen-bond acceptors (Lipinski definition) is 7. The van der Waals surface area contributed by atoms with Crippen molar-refractivity contribution in [1.82, 2.24) is 9.80 Å². The largest absolute Gasteiger partial charge is 0.497 e. The van der Waals surface area contributed by atoms with E-state index in [1.807, 2.05) is 46.4 Å². The van der Waals surface area contributed by atoms with Crippen molar-refractivity contribution in [3.05, 3.63) is 52.2 Å². The fourth-order valence-corrected chi connectivity index (χ4v) is 5.33. The van der Waals surface area contributed by atoms with E-state index in [4.69, 9.17) is 9.47 Å². The number of benzene rings is 1. The van der Waals surface area contributed by atoms with Crippen molar-refractivity contribution in [2.24, 2.45) is 10.9 Å². The van der Waals surface area contributed by atoms with Crippen LogP contribution in [-0.2, 0) is 14.3 Å². The van der Waals surface area contributed by atoms with E-state index in [1.54, 1.807) is 7.11 Å². The van der Waals surface area contributed by atoms with Gasteiger partial charge in [0.25, 0.3) is 0 Å². The summed E-state index contributed by atoms with van der Waals surface area (Å²) in [6.07, 6.45) is 2.36. The van der Waals surface area contributed by atoms with Gasteiger partial charge in [0.1, 0.15) is 5.75 Å². The molecule has 1 saturated heterocycles. The van der Waals surface area contributed by atoms with E-state index in [9.17, 15) is 9.59 Å². The van der Waals surface area contributed by atoms with Crippen molar-refractivity contribution in [3.8, 4) is 5.75 Å². The second-order valence-electron chi connectivity index (χ2n) is 8.40. The molecule has 3 aliphatic rings. The molecule has 0 radical (unpaired) electrons. The minimum Gasteiger partial charge on any atom is -0.497 e. The zero-order chi connectivity index (χ0) is 22.8. The topological polar surface area (TPSA) is 71.4 Å². The highest BCUT2D eigenvalue weighted by Crippen LogP contribution is 2.45. The Kier molecular flexibility index (Phi) is 6.60. The molecule has 7 nitrogen and oxygen atoms in total. The molecule has 8 heteroatoms. The van der Waals surface area contributed by atoms with Gasteiger partial charge in [-0.2, -0.15) is 0 Å². The first-order valence-corrected chi connectivity index (χ1v) is 11.7. The molecule has 0 aromatic heterocycles. The van der Waals surface area contributed by atoms with E-state index in [0.29, 0.717) is 17.2 Å². The van der Waals surface area contributed by atoms with Crippen LogP contribution in [0.25, 0.3) is 0 Å². The first-order valence-electron chi connectivity index (χ1n) is 10.9. The summed E-state index contributed by atoms with van der Waals surface area (Å²) in [6.45, 7) is 5.66. The minimum atomic E-state index is -0.420. The van der Waals surface area contributed by atoms with Crippen LogP contribution < -0.4 is 4.74 Å². The fourth-order valence-electron chi connectivity index (χ4n) is 4.37. The van der Waals surface area contributed by atoms with Crippen LogP contribution in [0.1, 0.15) is 44.7 Å². The number of carbonyl (C=O) groups excluding carboxylic acids is 2. The number of piperidine rings is 1. The highest BCUT2D eigenvalue weighted by atomic mass is 32.2. The molecule has 1 atom stereocenters. The van der Waals surface area contributed by atoms with Gasteiger partial charge in [0.15, 0.2) is 5.17 Å². The monoisotopic (exact) mass is 455 g/mol. The Morgan fingerprint density at radius 2 is 1.84 bits per heavy atom. The van der Waals surface area contributed by atoms with Crippen LogP contribution in [0.15, 0.2) is 51.6 Å². The van der Waals surface area contributed by atoms with Crippen molar-refractivity contribution >= 4 is 28.8 Å². The van der Waals surface area contributed by atoms with E-state index in [2.05, 4.69) is 11.9 Å². The van der Waals surface area contributed by atoms with Gasteiger partial charge in [-0.3, -0.25) is 4.79 Å². The molecule has 1 aromatic carbocycles. The van der Waals surface area contributed by atoms with Gasteiger partial charge in [0.2, 0.25) is 5.91 Å². The Hall–Kier alpha value is -2.74. The minimum absolute atomic E-state index is 0.115. The predicted molar refractivity (Wildman–Crippen MR) is 125 cm³/mol. The molecule has 170 valence electrons. The van der Waals surface area contributed by atoms with Gasteiger partial charge >= 0.3 is 5.97 Å². The van der Waals surface area contributed by atoms with Crippen molar-refractivity contribution < 1.29 is 19.1 Å². The molecule has 1 aromatic rings. The molecule has 32 heavy (non-hydrogen) atoms. The molecule has 0 aliphatic carbocycles. The second-order valence-corrected chi connectivity index (χ2v) is 9.23. The number of thioether (sulfide) groups is 1. The average molecular weight is 456 g/mol. The van der Waals surface area contributed by atoms with Crippen molar-refractivity contribution in [3.63, 3.8) is 0 Å². The number of aliphatic imine (C=N–C) groups is 1. The van der Waals surface area contributed by atoms with Gasteiger partial charge in [-0.1, -0.05) is 30.8 Å². The number of carbonyl (C=O) groups is 2. The third-order valence-corrected chi connectivity index (χ3v) is 7.19. The lowest BCUT2D eigenvalue weighted by Crippen LogP contribution is -2.41. The smallest absolute Gasteiger partial charge is 0.338 e. The maximum absolute atomic E-state index is 13.1. The van der Waals surface area contributed by atoms with E-state index in [0.717, 1.165) is 48.1 Å². The van der Waals surface area contributed by atoms with Gasteiger partial charge in [-0.15, -0.1) is 0 Å². The number of nitrogens with zero attached hydrogens (tertiary/aromatic N) is 3. The van der Waals surface area contributed by atoms with Gasteiger partial charge in [-0.05, 0) is 48.8 Å². The molecule has 1 amide bonds. The van der Waals surface area contributed by atoms with E-state index in [-0.39, 0.29) is 12.3 Å². The summed E-state index contributed by atoms with van der Waals surface area (Å²) in [6, 6.07) is 7.21. The molecular weight excluding hydrogens is 426 g/mol. The lowest BCUT2D eigenvalue weighted by molar-refractivity contribution is -0.136. The average Bonchev–Trinajstić information content (AvgIpc) is 3.20. The third kappa shape index (κ3) is 4.28. The zero-order valence-electron chi connectivity index (χ0n) is 19.0. The quantitative estimate of drug-likeness (QED) is 0.623. The molecule has 3 heterocycles. The summed E-state index contributed by atoms with van der Waals surface area (Å²) < 4.78 is 10.4. The maximum Gasteiger partial charge on any atom is 0.338 e. The van der Waals surface area contributed by atoms with Crippen LogP contribution in [0.2, 0.25) is 0 Å². The van der Waals surface area contributed by atoms with Gasteiger partial charge in [0, 0.05) is 18.8 Å².